The van der Waals surface area contributed by atoms with Gasteiger partial charge in [0.15, 0.2) is 0 Å². The maximum atomic E-state index is 14.0. The lowest BCUT2D eigenvalue weighted by Gasteiger charge is -2.13. The van der Waals surface area contributed by atoms with Gasteiger partial charge in [0.05, 0.1) is 0 Å². The molecule has 2 N–H and O–H groups in total. The third-order valence-electron chi connectivity index (χ3n) is 3.95. The summed E-state index contributed by atoms with van der Waals surface area (Å²) in [6, 6.07) is 4.77. The normalized spacial score (nSPS) is 16.3. The molecule has 3 rings (SSSR count). The van der Waals surface area contributed by atoms with Crippen molar-refractivity contribution in [3.63, 3.8) is 0 Å². The molecule has 1 aliphatic rings. The molecule has 0 saturated heterocycles. The lowest BCUT2D eigenvalue weighted by molar-refractivity contribution is 0.0701. The van der Waals surface area contributed by atoms with Gasteiger partial charge in [0.1, 0.15) is 10.7 Å². The summed E-state index contributed by atoms with van der Waals surface area (Å²) in [5, 5.41) is 13.1. The molecule has 1 aromatic heterocycles. The van der Waals surface area contributed by atoms with Crippen molar-refractivity contribution in [1.29, 1.82) is 0 Å². The number of thioether (sulfide) groups is 1. The van der Waals surface area contributed by atoms with Crippen LogP contribution in [0.3, 0.4) is 0 Å². The molecule has 1 heterocycles. The number of carboxylic acids is 1. The van der Waals surface area contributed by atoms with Gasteiger partial charge in [-0.25, -0.2) is 9.18 Å². The summed E-state index contributed by atoms with van der Waals surface area (Å²) in [7, 11) is 0. The van der Waals surface area contributed by atoms with Crippen molar-refractivity contribution in [2.24, 2.45) is 0 Å². The van der Waals surface area contributed by atoms with Gasteiger partial charge in [0, 0.05) is 33.5 Å². The molecule has 2 aromatic rings. The molecule has 1 aliphatic carbocycles. The second-order valence-electron chi connectivity index (χ2n) is 5.32. The summed E-state index contributed by atoms with van der Waals surface area (Å²) in [6.07, 6.45) is 4.47. The number of carbonyl (C=O) groups is 1. The first-order chi connectivity index (χ1) is 10.1. The Morgan fingerprint density at radius 3 is 2.90 bits per heavy atom. The van der Waals surface area contributed by atoms with E-state index >= 15 is 0 Å². The van der Waals surface area contributed by atoms with E-state index in [1.165, 1.54) is 18.9 Å². The Morgan fingerprint density at radius 1 is 1.52 bits per heavy atom. The molecule has 0 spiro atoms. The zero-order valence-electron chi connectivity index (χ0n) is 11.6. The van der Waals surface area contributed by atoms with E-state index in [-0.39, 0.29) is 10.7 Å². The highest BCUT2D eigenvalue weighted by Gasteiger charge is 2.41. The van der Waals surface area contributed by atoms with Gasteiger partial charge in [-0.1, -0.05) is 6.07 Å². The van der Waals surface area contributed by atoms with Gasteiger partial charge in [0.2, 0.25) is 0 Å². The van der Waals surface area contributed by atoms with Crippen molar-refractivity contribution in [2.45, 2.75) is 24.1 Å². The van der Waals surface area contributed by atoms with E-state index in [9.17, 15) is 14.3 Å². The molecule has 1 saturated carbocycles. The molecule has 21 heavy (non-hydrogen) atoms. The van der Waals surface area contributed by atoms with Crippen LogP contribution in [0.4, 0.5) is 4.39 Å². The summed E-state index contributed by atoms with van der Waals surface area (Å²) in [6.45, 7) is 1.23. The molecule has 0 amide bonds. The van der Waals surface area contributed by atoms with Crippen LogP contribution in [-0.4, -0.2) is 28.6 Å². The maximum Gasteiger partial charge on any atom is 0.346 e. The fourth-order valence-electron chi connectivity index (χ4n) is 2.52. The highest BCUT2D eigenvalue weighted by Crippen LogP contribution is 2.46. The highest BCUT2D eigenvalue weighted by atomic mass is 32.2. The van der Waals surface area contributed by atoms with E-state index in [0.29, 0.717) is 26.9 Å². The van der Waals surface area contributed by atoms with E-state index in [4.69, 9.17) is 0 Å². The van der Waals surface area contributed by atoms with E-state index in [1.54, 1.807) is 12.1 Å². The summed E-state index contributed by atoms with van der Waals surface area (Å²) >= 11 is 2.98. The number of thiophene rings is 1. The van der Waals surface area contributed by atoms with Gasteiger partial charge in [-0.3, -0.25) is 0 Å². The summed E-state index contributed by atoms with van der Waals surface area (Å²) in [5.74, 6) is -1.34. The van der Waals surface area contributed by atoms with Crippen LogP contribution in [0.5, 0.6) is 0 Å². The van der Waals surface area contributed by atoms with Crippen molar-refractivity contribution in [1.82, 2.24) is 5.32 Å². The van der Waals surface area contributed by atoms with Crippen LogP contribution in [0.2, 0.25) is 0 Å². The average Bonchev–Trinajstić information content (AvgIpc) is 3.13. The number of halogens is 1. The lowest BCUT2D eigenvalue weighted by atomic mass is 10.1. The third kappa shape index (κ3) is 2.80. The molecule has 0 atom stereocenters. The largest absolute Gasteiger partial charge is 0.477 e. The number of nitrogens with one attached hydrogen (secondary N) is 1. The molecule has 0 bridgehead atoms. The fourth-order valence-corrected chi connectivity index (χ4v) is 4.35. The van der Waals surface area contributed by atoms with Crippen LogP contribution in [0.15, 0.2) is 18.2 Å². The molecule has 0 aliphatic heterocycles. The molecule has 3 nitrogen and oxygen atoms in total. The van der Waals surface area contributed by atoms with Crippen LogP contribution >= 0.6 is 23.1 Å². The number of hydrogen-bond acceptors (Lipinski definition) is 4. The zero-order chi connectivity index (χ0) is 15.0. The number of aromatic carboxylic acids is 1. The molecule has 0 unspecified atom stereocenters. The molecular weight excluding hydrogens is 309 g/mol. The summed E-state index contributed by atoms with van der Waals surface area (Å²) in [5.41, 5.74) is 0.567. The van der Waals surface area contributed by atoms with Crippen molar-refractivity contribution in [2.75, 3.05) is 12.8 Å². The zero-order valence-corrected chi connectivity index (χ0v) is 13.2. The van der Waals surface area contributed by atoms with Crippen LogP contribution in [0.25, 0.3) is 10.1 Å². The predicted octanol–water partition coefficient (Wildman–Crippen LogP) is 3.72. The topological polar surface area (TPSA) is 49.3 Å². The first-order valence-corrected chi connectivity index (χ1v) is 8.79. The van der Waals surface area contributed by atoms with E-state index in [0.717, 1.165) is 17.9 Å². The minimum atomic E-state index is -0.988. The fraction of sp³-hybridized carbons (Fsp3) is 0.400. The number of fused-ring (bicyclic) bond motifs is 1. The number of hydrogen-bond donors (Lipinski definition) is 2. The van der Waals surface area contributed by atoms with Crippen molar-refractivity contribution in [3.8, 4) is 0 Å². The minimum absolute atomic E-state index is 0.233. The smallest absolute Gasteiger partial charge is 0.346 e. The van der Waals surface area contributed by atoms with Gasteiger partial charge in [-0.05, 0) is 31.2 Å². The predicted molar refractivity (Wildman–Crippen MR) is 85.9 cm³/mol. The molecule has 112 valence electrons. The Kier molecular flexibility index (Phi) is 3.94. The second kappa shape index (κ2) is 5.59. The minimum Gasteiger partial charge on any atom is -0.477 e. The lowest BCUT2D eigenvalue weighted by Crippen LogP contribution is -2.26. The Bertz CT molecular complexity index is 694. The van der Waals surface area contributed by atoms with E-state index in [1.807, 2.05) is 11.8 Å². The Hall–Kier alpha value is -1.11. The SMILES string of the molecule is CSC1(CNCc2c(C(=O)O)sc3cccc(F)c23)CC1. The van der Waals surface area contributed by atoms with Crippen molar-refractivity contribution >= 4 is 39.2 Å². The summed E-state index contributed by atoms with van der Waals surface area (Å²) < 4.78 is 15.0. The van der Waals surface area contributed by atoms with Gasteiger partial charge in [-0.15, -0.1) is 11.3 Å². The standard InChI is InChI=1S/C15H16FNO2S2/c1-20-15(5-6-15)8-17-7-9-12-10(16)3-2-4-11(12)21-13(9)14(18)19/h2-4,17H,5-8H2,1H3,(H,18,19). The highest BCUT2D eigenvalue weighted by molar-refractivity contribution is 8.00. The van der Waals surface area contributed by atoms with E-state index in [2.05, 4.69) is 11.6 Å². The van der Waals surface area contributed by atoms with Gasteiger partial charge >= 0.3 is 5.97 Å². The molecule has 1 fully saturated rings. The maximum absolute atomic E-state index is 14.0. The van der Waals surface area contributed by atoms with Crippen LogP contribution in [0, 0.1) is 5.82 Å². The van der Waals surface area contributed by atoms with E-state index < -0.39 is 5.97 Å². The second-order valence-corrected chi connectivity index (χ2v) is 7.65. The Labute approximate surface area is 130 Å². The van der Waals surface area contributed by atoms with Crippen LogP contribution < -0.4 is 5.32 Å². The summed E-state index contributed by atoms with van der Waals surface area (Å²) in [4.78, 5) is 11.6. The Balaban J connectivity index is 1.88. The Morgan fingerprint density at radius 2 is 2.29 bits per heavy atom. The van der Waals surface area contributed by atoms with Gasteiger partial charge < -0.3 is 10.4 Å². The van der Waals surface area contributed by atoms with Crippen molar-refractivity contribution in [3.05, 3.63) is 34.5 Å². The average molecular weight is 325 g/mol. The first kappa shape index (κ1) is 14.8. The molecule has 6 heteroatoms. The van der Waals surface area contributed by atoms with Crippen LogP contribution in [-0.2, 0) is 6.54 Å². The van der Waals surface area contributed by atoms with Crippen LogP contribution in [0.1, 0.15) is 28.1 Å². The molecular formula is C15H16FNO2S2. The molecule has 1 aromatic carbocycles. The number of benzene rings is 1. The van der Waals surface area contributed by atoms with Crippen molar-refractivity contribution < 1.29 is 14.3 Å². The number of carboxylic acid groups (broad SMARTS) is 1. The number of rotatable bonds is 6. The van der Waals surface area contributed by atoms with Gasteiger partial charge in [-0.2, -0.15) is 11.8 Å². The van der Waals surface area contributed by atoms with Gasteiger partial charge in [0.25, 0.3) is 0 Å². The monoisotopic (exact) mass is 325 g/mol. The first-order valence-electron chi connectivity index (χ1n) is 6.75. The third-order valence-corrected chi connectivity index (χ3v) is 6.55. The molecule has 0 radical (unpaired) electrons. The quantitative estimate of drug-likeness (QED) is 0.850.